The Labute approximate surface area is 162 Å². The van der Waals surface area contributed by atoms with Gasteiger partial charge in [-0.15, -0.1) is 0 Å². The second-order valence-electron chi connectivity index (χ2n) is 9.26. The second kappa shape index (κ2) is 7.53. The summed E-state index contributed by atoms with van der Waals surface area (Å²) in [4.78, 5) is 29.9. The number of hydrogen-bond acceptors (Lipinski definition) is 3. The summed E-state index contributed by atoms with van der Waals surface area (Å²) < 4.78 is 5.17. The molecule has 0 bridgehead atoms. The number of amides is 2. The van der Waals surface area contributed by atoms with E-state index in [0.717, 1.165) is 43.7 Å². The quantitative estimate of drug-likeness (QED) is 0.816. The van der Waals surface area contributed by atoms with Crippen LogP contribution in [0.4, 0.5) is 0 Å². The Hall–Kier alpha value is -2.04. The van der Waals surface area contributed by atoms with Gasteiger partial charge in [-0.1, -0.05) is 32.9 Å². The van der Waals surface area contributed by atoms with Crippen molar-refractivity contribution in [2.45, 2.75) is 46.5 Å². The average molecular weight is 373 g/mol. The molecule has 0 aliphatic carbocycles. The standard InChI is InChI=1S/C22H32N2O3/c1-21(2,3)15-24-12-5-10-22(20(24)26)11-13-23(16-22)19(25)14-17-6-8-18(27-4)9-7-17/h6-9H,5,10-16H2,1-4H3/t22-/m1/s1. The fourth-order valence-corrected chi connectivity index (χ4v) is 4.37. The first-order chi connectivity index (χ1) is 12.7. The van der Waals surface area contributed by atoms with E-state index >= 15 is 0 Å². The van der Waals surface area contributed by atoms with E-state index in [9.17, 15) is 9.59 Å². The maximum Gasteiger partial charge on any atom is 0.230 e. The smallest absolute Gasteiger partial charge is 0.230 e. The first-order valence-corrected chi connectivity index (χ1v) is 9.93. The van der Waals surface area contributed by atoms with Gasteiger partial charge in [0.1, 0.15) is 5.75 Å². The van der Waals surface area contributed by atoms with Gasteiger partial charge in [0.05, 0.1) is 18.9 Å². The Morgan fingerprint density at radius 1 is 1.15 bits per heavy atom. The minimum atomic E-state index is -0.362. The Kier molecular flexibility index (Phi) is 5.50. The Morgan fingerprint density at radius 2 is 1.85 bits per heavy atom. The molecule has 1 atom stereocenters. The van der Waals surface area contributed by atoms with Crippen molar-refractivity contribution in [3.63, 3.8) is 0 Å². The highest BCUT2D eigenvalue weighted by atomic mass is 16.5. The van der Waals surface area contributed by atoms with Gasteiger partial charge < -0.3 is 14.5 Å². The third kappa shape index (κ3) is 4.45. The van der Waals surface area contributed by atoms with Crippen molar-refractivity contribution < 1.29 is 14.3 Å². The highest BCUT2D eigenvalue weighted by Gasteiger charge is 2.49. The summed E-state index contributed by atoms with van der Waals surface area (Å²) in [5, 5.41) is 0. The van der Waals surface area contributed by atoms with Crippen molar-refractivity contribution in [3.05, 3.63) is 29.8 Å². The molecule has 0 unspecified atom stereocenters. The average Bonchev–Trinajstić information content (AvgIpc) is 3.04. The van der Waals surface area contributed by atoms with Crippen LogP contribution in [0.5, 0.6) is 5.75 Å². The molecule has 2 heterocycles. The van der Waals surface area contributed by atoms with Gasteiger partial charge in [-0.3, -0.25) is 9.59 Å². The molecule has 148 valence electrons. The lowest BCUT2D eigenvalue weighted by Gasteiger charge is -2.41. The summed E-state index contributed by atoms with van der Waals surface area (Å²) >= 11 is 0. The zero-order valence-electron chi connectivity index (χ0n) is 17.1. The summed E-state index contributed by atoms with van der Waals surface area (Å²) in [6.07, 6.45) is 3.10. The summed E-state index contributed by atoms with van der Waals surface area (Å²) in [5.74, 6) is 1.15. The van der Waals surface area contributed by atoms with Crippen molar-refractivity contribution in [3.8, 4) is 5.75 Å². The number of methoxy groups -OCH3 is 1. The van der Waals surface area contributed by atoms with Crippen LogP contribution in [-0.2, 0) is 16.0 Å². The topological polar surface area (TPSA) is 49.9 Å². The number of benzene rings is 1. The molecule has 0 radical (unpaired) electrons. The minimum Gasteiger partial charge on any atom is -0.497 e. The number of likely N-dealkylation sites (tertiary alicyclic amines) is 2. The van der Waals surface area contributed by atoms with Gasteiger partial charge in [-0.25, -0.2) is 0 Å². The van der Waals surface area contributed by atoms with E-state index in [0.29, 0.717) is 19.5 Å². The molecular formula is C22H32N2O3. The van der Waals surface area contributed by atoms with Gasteiger partial charge in [0.15, 0.2) is 0 Å². The van der Waals surface area contributed by atoms with E-state index in [1.807, 2.05) is 34.1 Å². The summed E-state index contributed by atoms with van der Waals surface area (Å²) in [6, 6.07) is 7.62. The number of carbonyl (C=O) groups is 2. The number of hydrogen-bond donors (Lipinski definition) is 0. The summed E-state index contributed by atoms with van der Waals surface area (Å²) in [5.41, 5.74) is 0.710. The maximum absolute atomic E-state index is 13.2. The first kappa shape index (κ1) is 19.7. The fourth-order valence-electron chi connectivity index (χ4n) is 4.37. The lowest BCUT2D eigenvalue weighted by Crippen LogP contribution is -2.52. The van der Waals surface area contributed by atoms with E-state index in [4.69, 9.17) is 4.74 Å². The first-order valence-electron chi connectivity index (χ1n) is 9.93. The van der Waals surface area contributed by atoms with Crippen molar-refractivity contribution in [1.82, 2.24) is 9.80 Å². The molecule has 5 nitrogen and oxygen atoms in total. The number of rotatable bonds is 4. The minimum absolute atomic E-state index is 0.0939. The van der Waals surface area contributed by atoms with Crippen LogP contribution in [0.25, 0.3) is 0 Å². The van der Waals surface area contributed by atoms with Crippen LogP contribution in [0, 0.1) is 10.8 Å². The highest BCUT2D eigenvalue weighted by molar-refractivity contribution is 5.86. The molecule has 1 aromatic carbocycles. The van der Waals surface area contributed by atoms with Crippen molar-refractivity contribution >= 4 is 11.8 Å². The van der Waals surface area contributed by atoms with Crippen molar-refractivity contribution in [1.29, 1.82) is 0 Å². The van der Waals surface area contributed by atoms with E-state index in [2.05, 4.69) is 20.8 Å². The van der Waals surface area contributed by atoms with Crippen LogP contribution in [0.2, 0.25) is 0 Å². The van der Waals surface area contributed by atoms with E-state index < -0.39 is 0 Å². The highest BCUT2D eigenvalue weighted by Crippen LogP contribution is 2.41. The van der Waals surface area contributed by atoms with Gasteiger partial charge in [0.25, 0.3) is 0 Å². The molecule has 2 fully saturated rings. The summed E-state index contributed by atoms with van der Waals surface area (Å²) in [7, 11) is 1.63. The Morgan fingerprint density at radius 3 is 2.48 bits per heavy atom. The molecule has 0 N–H and O–H groups in total. The van der Waals surface area contributed by atoms with Crippen LogP contribution < -0.4 is 4.74 Å². The fraction of sp³-hybridized carbons (Fsp3) is 0.636. The summed E-state index contributed by atoms with van der Waals surface area (Å²) in [6.45, 7) is 9.39. The van der Waals surface area contributed by atoms with Gasteiger partial charge in [0.2, 0.25) is 11.8 Å². The van der Waals surface area contributed by atoms with Crippen molar-refractivity contribution in [2.75, 3.05) is 33.3 Å². The largest absolute Gasteiger partial charge is 0.497 e. The number of nitrogens with zero attached hydrogens (tertiary/aromatic N) is 2. The lowest BCUT2D eigenvalue weighted by atomic mass is 9.77. The Bertz CT molecular complexity index is 693. The van der Waals surface area contributed by atoms with Crippen LogP contribution in [0.1, 0.15) is 45.6 Å². The third-order valence-corrected chi connectivity index (χ3v) is 5.71. The zero-order chi connectivity index (χ0) is 19.7. The molecule has 3 rings (SSSR count). The molecule has 5 heteroatoms. The second-order valence-corrected chi connectivity index (χ2v) is 9.26. The lowest BCUT2D eigenvalue weighted by molar-refractivity contribution is -0.147. The third-order valence-electron chi connectivity index (χ3n) is 5.71. The van der Waals surface area contributed by atoms with Gasteiger partial charge in [-0.05, 0) is 42.4 Å². The van der Waals surface area contributed by atoms with Gasteiger partial charge >= 0.3 is 0 Å². The number of ether oxygens (including phenoxy) is 1. The molecule has 1 spiro atoms. The van der Waals surface area contributed by atoms with E-state index in [1.165, 1.54) is 0 Å². The molecule has 2 amide bonds. The normalized spacial score (nSPS) is 23.2. The van der Waals surface area contributed by atoms with Gasteiger partial charge in [0, 0.05) is 26.2 Å². The van der Waals surface area contributed by atoms with Gasteiger partial charge in [-0.2, -0.15) is 0 Å². The molecule has 1 aromatic rings. The van der Waals surface area contributed by atoms with Crippen LogP contribution >= 0.6 is 0 Å². The maximum atomic E-state index is 13.2. The van der Waals surface area contributed by atoms with Crippen LogP contribution in [-0.4, -0.2) is 54.9 Å². The van der Waals surface area contributed by atoms with Crippen LogP contribution in [0.3, 0.4) is 0 Å². The van der Waals surface area contributed by atoms with Crippen LogP contribution in [0.15, 0.2) is 24.3 Å². The molecule has 0 aromatic heterocycles. The monoisotopic (exact) mass is 372 g/mol. The molecule has 0 saturated carbocycles. The SMILES string of the molecule is COc1ccc(CC(=O)N2CC[C@]3(CCCN(CC(C)(C)C)C3=O)C2)cc1. The van der Waals surface area contributed by atoms with E-state index in [1.54, 1.807) is 7.11 Å². The number of carbonyl (C=O) groups excluding carboxylic acids is 2. The van der Waals surface area contributed by atoms with Crippen molar-refractivity contribution in [2.24, 2.45) is 10.8 Å². The predicted octanol–water partition coefficient (Wildman–Crippen LogP) is 3.12. The predicted molar refractivity (Wildman–Crippen MR) is 106 cm³/mol. The Balaban J connectivity index is 1.64. The molecule has 2 aliphatic heterocycles. The molecule has 2 aliphatic rings. The number of piperidine rings is 1. The van der Waals surface area contributed by atoms with E-state index in [-0.39, 0.29) is 22.6 Å². The zero-order valence-corrected chi connectivity index (χ0v) is 17.1. The molecular weight excluding hydrogens is 340 g/mol. The molecule has 2 saturated heterocycles. The molecule has 27 heavy (non-hydrogen) atoms.